The van der Waals surface area contributed by atoms with E-state index in [2.05, 4.69) is 30.4 Å². The number of ether oxygens (including phenoxy) is 1. The van der Waals surface area contributed by atoms with Gasteiger partial charge in [0.05, 0.1) is 17.1 Å². The monoisotopic (exact) mass is 555 g/mol. The second kappa shape index (κ2) is 9.38. The molecule has 0 spiro atoms. The van der Waals surface area contributed by atoms with E-state index in [0.717, 1.165) is 19.4 Å². The number of piperazine rings is 1. The standard InChI is InChI=1S/C28H31ClFN5O4/c1-4-20(37)33-12-13-34-16(14-33)15-39-25-22(27(34)38)26(35-10-8-19-28(35,2)9-11-32(19)3)31-24(23(25)29)21-17(30)6-5-7-18(21)36/h4-7,16,19,36H,1,8-15H2,2-3H3/t16?,19-,28-/m1/s1. The summed E-state index contributed by atoms with van der Waals surface area (Å²) in [5.41, 5.74) is -0.187. The van der Waals surface area contributed by atoms with Crippen LogP contribution in [-0.2, 0) is 4.79 Å². The molecule has 5 heterocycles. The number of carbonyl (C=O) groups excluding carboxylic acids is 2. The lowest BCUT2D eigenvalue weighted by Crippen LogP contribution is -2.57. The fourth-order valence-corrected chi connectivity index (χ4v) is 7.07. The maximum atomic E-state index is 15.1. The predicted molar refractivity (Wildman–Crippen MR) is 145 cm³/mol. The average molecular weight is 556 g/mol. The highest BCUT2D eigenvalue weighted by Crippen LogP contribution is 2.50. The van der Waals surface area contributed by atoms with Crippen molar-refractivity contribution in [2.75, 3.05) is 51.3 Å². The van der Waals surface area contributed by atoms with Crippen molar-refractivity contribution in [1.82, 2.24) is 19.7 Å². The SMILES string of the molecule is C=CC(=O)N1CCN2C(=O)c3c(N4CC[C@H]5N(C)CC[C@]54C)nc(-c4c(O)cccc4F)c(Cl)c3OCC2C1. The number of aromatic nitrogens is 1. The van der Waals surface area contributed by atoms with E-state index in [1.807, 2.05) is 0 Å². The van der Waals surface area contributed by atoms with Crippen LogP contribution < -0.4 is 9.64 Å². The second-order valence-corrected chi connectivity index (χ2v) is 11.3. The van der Waals surface area contributed by atoms with Crippen LogP contribution in [0.2, 0.25) is 5.02 Å². The Morgan fingerprint density at radius 3 is 2.82 bits per heavy atom. The predicted octanol–water partition coefficient (Wildman–Crippen LogP) is 3.15. The van der Waals surface area contributed by atoms with Crippen LogP contribution in [0.15, 0.2) is 30.9 Å². The average Bonchev–Trinajstić information content (AvgIpc) is 3.36. The first-order chi connectivity index (χ1) is 18.7. The minimum Gasteiger partial charge on any atom is -0.507 e. The van der Waals surface area contributed by atoms with Gasteiger partial charge in [-0.2, -0.15) is 0 Å². The molecule has 6 rings (SSSR count). The number of phenolic OH excluding ortho intramolecular Hbond substituents is 1. The van der Waals surface area contributed by atoms with E-state index >= 15 is 4.39 Å². The van der Waals surface area contributed by atoms with Gasteiger partial charge < -0.3 is 29.4 Å². The number of aromatic hydroxyl groups is 1. The number of hydrogen-bond donors (Lipinski definition) is 1. The van der Waals surface area contributed by atoms with E-state index in [1.165, 1.54) is 24.3 Å². The highest BCUT2D eigenvalue weighted by atomic mass is 35.5. The number of nitrogens with zero attached hydrogens (tertiary/aromatic N) is 5. The number of anilines is 1. The highest BCUT2D eigenvalue weighted by molar-refractivity contribution is 6.35. The molecule has 3 saturated heterocycles. The molecule has 3 fully saturated rings. The van der Waals surface area contributed by atoms with E-state index < -0.39 is 11.9 Å². The molecular weight excluding hydrogens is 525 g/mol. The maximum absolute atomic E-state index is 15.1. The van der Waals surface area contributed by atoms with Crippen molar-refractivity contribution in [1.29, 1.82) is 0 Å². The molecule has 3 atom stereocenters. The van der Waals surface area contributed by atoms with E-state index in [0.29, 0.717) is 32.0 Å². The Balaban J connectivity index is 1.53. The number of hydrogen-bond acceptors (Lipinski definition) is 7. The van der Waals surface area contributed by atoms with Gasteiger partial charge in [-0.3, -0.25) is 9.59 Å². The molecule has 206 valence electrons. The summed E-state index contributed by atoms with van der Waals surface area (Å²) >= 11 is 6.85. The normalized spacial score (nSPS) is 26.6. The Morgan fingerprint density at radius 1 is 1.28 bits per heavy atom. The minimum absolute atomic E-state index is 0.0237. The van der Waals surface area contributed by atoms with Gasteiger partial charge in [-0.25, -0.2) is 9.37 Å². The summed E-state index contributed by atoms with van der Waals surface area (Å²) in [6.07, 6.45) is 3.01. The van der Waals surface area contributed by atoms with Crippen LogP contribution in [0.1, 0.15) is 30.1 Å². The highest BCUT2D eigenvalue weighted by Gasteiger charge is 2.53. The van der Waals surface area contributed by atoms with Crippen molar-refractivity contribution in [3.63, 3.8) is 0 Å². The number of amides is 2. The lowest BCUT2D eigenvalue weighted by Gasteiger charge is -2.40. The summed E-state index contributed by atoms with van der Waals surface area (Å²) in [6.45, 7) is 8.37. The zero-order valence-electron chi connectivity index (χ0n) is 22.0. The molecule has 0 radical (unpaired) electrons. The van der Waals surface area contributed by atoms with E-state index in [4.69, 9.17) is 21.3 Å². The summed E-state index contributed by atoms with van der Waals surface area (Å²) in [5.74, 6) is -0.982. The van der Waals surface area contributed by atoms with E-state index in [9.17, 15) is 14.7 Å². The topological polar surface area (TPSA) is 89.5 Å². The molecule has 0 saturated carbocycles. The lowest BCUT2D eigenvalue weighted by atomic mass is 9.93. The molecule has 0 bridgehead atoms. The van der Waals surface area contributed by atoms with Crippen LogP contribution in [0, 0.1) is 5.82 Å². The van der Waals surface area contributed by atoms with Gasteiger partial charge in [-0.15, -0.1) is 0 Å². The van der Waals surface area contributed by atoms with E-state index in [1.54, 1.807) is 9.80 Å². The summed E-state index contributed by atoms with van der Waals surface area (Å²) in [6, 6.07) is 3.87. The Kier molecular flexibility index (Phi) is 6.22. The van der Waals surface area contributed by atoms with Crippen LogP contribution in [0.5, 0.6) is 11.5 Å². The molecule has 1 aromatic heterocycles. The maximum Gasteiger partial charge on any atom is 0.261 e. The van der Waals surface area contributed by atoms with Crippen LogP contribution in [0.4, 0.5) is 10.2 Å². The molecule has 4 aliphatic rings. The van der Waals surface area contributed by atoms with Crippen LogP contribution in [0.25, 0.3) is 11.3 Å². The fraction of sp³-hybridized carbons (Fsp3) is 0.464. The van der Waals surface area contributed by atoms with Crippen LogP contribution in [0.3, 0.4) is 0 Å². The molecule has 1 aromatic carbocycles. The second-order valence-electron chi connectivity index (χ2n) is 10.9. The molecule has 2 aromatic rings. The van der Waals surface area contributed by atoms with Gasteiger partial charge in [0.15, 0.2) is 5.75 Å². The van der Waals surface area contributed by atoms with Crippen LogP contribution >= 0.6 is 11.6 Å². The Labute approximate surface area is 231 Å². The number of benzene rings is 1. The number of likely N-dealkylation sites (N-methyl/N-ethyl adjacent to an activating group) is 1. The summed E-state index contributed by atoms with van der Waals surface area (Å²) < 4.78 is 21.4. The van der Waals surface area contributed by atoms with Gasteiger partial charge in [-0.05, 0) is 45.0 Å². The Hall–Kier alpha value is -3.37. The lowest BCUT2D eigenvalue weighted by molar-refractivity contribution is -0.128. The third-order valence-corrected chi connectivity index (χ3v) is 9.24. The van der Waals surface area contributed by atoms with Gasteiger partial charge in [0.25, 0.3) is 5.91 Å². The quantitative estimate of drug-likeness (QED) is 0.582. The largest absolute Gasteiger partial charge is 0.507 e. The number of pyridine rings is 1. The first-order valence-electron chi connectivity index (χ1n) is 13.2. The fourth-order valence-electron chi connectivity index (χ4n) is 6.78. The number of likely N-dealkylation sites (tertiary alicyclic amines) is 1. The molecule has 39 heavy (non-hydrogen) atoms. The molecule has 1 unspecified atom stereocenters. The zero-order valence-corrected chi connectivity index (χ0v) is 22.7. The number of halogens is 2. The number of rotatable bonds is 3. The van der Waals surface area contributed by atoms with Gasteiger partial charge in [0.2, 0.25) is 5.91 Å². The summed E-state index contributed by atoms with van der Waals surface area (Å²) in [4.78, 5) is 39.2. The van der Waals surface area contributed by atoms with Crippen LogP contribution in [-0.4, -0.2) is 101 Å². The van der Waals surface area contributed by atoms with Crippen molar-refractivity contribution >= 4 is 29.2 Å². The van der Waals surface area contributed by atoms with Gasteiger partial charge in [-0.1, -0.05) is 24.2 Å². The van der Waals surface area contributed by atoms with Crippen molar-refractivity contribution in [2.45, 2.75) is 37.4 Å². The van der Waals surface area contributed by atoms with Crippen molar-refractivity contribution < 1.29 is 23.8 Å². The van der Waals surface area contributed by atoms with E-state index in [-0.39, 0.29) is 63.3 Å². The van der Waals surface area contributed by atoms with Gasteiger partial charge in [0, 0.05) is 38.8 Å². The molecule has 2 amide bonds. The van der Waals surface area contributed by atoms with Crippen molar-refractivity contribution in [2.24, 2.45) is 0 Å². The smallest absolute Gasteiger partial charge is 0.261 e. The first kappa shape index (κ1) is 25.9. The Bertz CT molecular complexity index is 1370. The molecule has 9 nitrogen and oxygen atoms in total. The summed E-state index contributed by atoms with van der Waals surface area (Å²) in [7, 11) is 2.10. The molecular formula is C28H31ClFN5O4. The molecule has 11 heteroatoms. The molecule has 0 aliphatic carbocycles. The first-order valence-corrected chi connectivity index (χ1v) is 13.6. The number of phenols is 1. The summed E-state index contributed by atoms with van der Waals surface area (Å²) in [5, 5.41) is 10.6. The van der Waals surface area contributed by atoms with Crippen molar-refractivity contribution in [3.8, 4) is 22.8 Å². The third-order valence-electron chi connectivity index (χ3n) is 8.89. The van der Waals surface area contributed by atoms with Crippen molar-refractivity contribution in [3.05, 3.63) is 47.3 Å². The Morgan fingerprint density at radius 2 is 2.08 bits per heavy atom. The molecule has 1 N–H and O–H groups in total. The zero-order chi connectivity index (χ0) is 27.6. The third kappa shape index (κ3) is 3.87. The minimum atomic E-state index is -0.683. The van der Waals surface area contributed by atoms with Gasteiger partial charge in [0.1, 0.15) is 40.3 Å². The van der Waals surface area contributed by atoms with Gasteiger partial charge >= 0.3 is 0 Å². The number of carbonyl (C=O) groups is 2. The molecule has 4 aliphatic heterocycles. The number of fused-ring (bicyclic) bond motifs is 3.